The van der Waals surface area contributed by atoms with Crippen molar-refractivity contribution in [3.05, 3.63) is 0 Å². The van der Waals surface area contributed by atoms with Crippen molar-refractivity contribution < 1.29 is 24.2 Å². The molecule has 1 atom stereocenters. The first-order valence-electron chi connectivity index (χ1n) is 6.63. The summed E-state index contributed by atoms with van der Waals surface area (Å²) in [6.07, 6.45) is 0.657. The van der Waals surface area contributed by atoms with Gasteiger partial charge < -0.3 is 25.2 Å². The number of aliphatic carboxylic acids is 1. The Balaban J connectivity index is 3.84. The lowest BCUT2D eigenvalue weighted by Crippen LogP contribution is -2.52. The van der Waals surface area contributed by atoms with Crippen LogP contribution < -0.4 is 10.6 Å². The van der Waals surface area contributed by atoms with Crippen LogP contribution in [0.4, 0.5) is 4.79 Å². The Bertz CT molecular complexity index is 302. The van der Waals surface area contributed by atoms with E-state index in [0.29, 0.717) is 32.8 Å². The van der Waals surface area contributed by atoms with E-state index < -0.39 is 23.5 Å². The van der Waals surface area contributed by atoms with Crippen molar-refractivity contribution in [2.45, 2.75) is 33.2 Å². The van der Waals surface area contributed by atoms with Crippen molar-refractivity contribution in [1.29, 1.82) is 0 Å². The zero-order valence-electron chi connectivity index (χ0n) is 12.7. The lowest BCUT2D eigenvalue weighted by atomic mass is 9.87. The molecule has 0 aromatic heterocycles. The molecule has 20 heavy (non-hydrogen) atoms. The van der Waals surface area contributed by atoms with Crippen molar-refractivity contribution in [3.8, 4) is 0 Å². The number of carbonyl (C=O) groups is 2. The van der Waals surface area contributed by atoms with Crippen molar-refractivity contribution in [1.82, 2.24) is 10.6 Å². The number of amides is 2. The van der Waals surface area contributed by atoms with Crippen LogP contribution in [0, 0.1) is 5.41 Å². The maximum Gasteiger partial charge on any atom is 0.326 e. The van der Waals surface area contributed by atoms with Crippen molar-refractivity contribution >= 4 is 12.0 Å². The van der Waals surface area contributed by atoms with Crippen LogP contribution in [0.1, 0.15) is 27.2 Å². The zero-order valence-corrected chi connectivity index (χ0v) is 12.7. The summed E-state index contributed by atoms with van der Waals surface area (Å²) in [5, 5.41) is 14.1. The predicted molar refractivity (Wildman–Crippen MR) is 74.7 cm³/mol. The van der Waals surface area contributed by atoms with Crippen molar-refractivity contribution in [2.75, 3.05) is 33.5 Å². The summed E-state index contributed by atoms with van der Waals surface area (Å²) in [6, 6.07) is -1.41. The number of rotatable bonds is 9. The monoisotopic (exact) mass is 290 g/mol. The molecule has 0 aliphatic heterocycles. The first-order chi connectivity index (χ1) is 9.29. The molecule has 2 amide bonds. The van der Waals surface area contributed by atoms with Gasteiger partial charge in [-0.15, -0.1) is 0 Å². The highest BCUT2D eigenvalue weighted by Gasteiger charge is 2.32. The molecular weight excluding hydrogens is 264 g/mol. The maximum absolute atomic E-state index is 11.6. The van der Waals surface area contributed by atoms with Gasteiger partial charge in [-0.3, -0.25) is 0 Å². The number of carboxylic acid groups (broad SMARTS) is 1. The average Bonchev–Trinajstić information content (AvgIpc) is 2.33. The van der Waals surface area contributed by atoms with E-state index in [1.54, 1.807) is 27.9 Å². The molecule has 0 aliphatic carbocycles. The number of hydrogen-bond donors (Lipinski definition) is 3. The average molecular weight is 290 g/mol. The van der Waals surface area contributed by atoms with Gasteiger partial charge in [0.1, 0.15) is 6.04 Å². The normalized spacial score (nSPS) is 12.8. The molecule has 0 aliphatic rings. The highest BCUT2D eigenvalue weighted by molar-refractivity contribution is 5.83. The van der Waals surface area contributed by atoms with Gasteiger partial charge in [0.2, 0.25) is 0 Å². The van der Waals surface area contributed by atoms with E-state index in [4.69, 9.17) is 14.6 Å². The van der Waals surface area contributed by atoms with Gasteiger partial charge in [0.15, 0.2) is 0 Å². The van der Waals surface area contributed by atoms with Gasteiger partial charge in [0.25, 0.3) is 0 Å². The smallest absolute Gasteiger partial charge is 0.326 e. The molecule has 0 rings (SSSR count). The van der Waals surface area contributed by atoms with Gasteiger partial charge in [0.05, 0.1) is 13.2 Å². The molecule has 0 radical (unpaired) electrons. The molecule has 0 saturated carbocycles. The van der Waals surface area contributed by atoms with E-state index in [2.05, 4.69) is 10.6 Å². The van der Waals surface area contributed by atoms with Crippen LogP contribution in [-0.4, -0.2) is 56.6 Å². The number of carbonyl (C=O) groups excluding carboxylic acids is 1. The predicted octanol–water partition coefficient (Wildman–Crippen LogP) is 0.838. The van der Waals surface area contributed by atoms with Gasteiger partial charge >= 0.3 is 12.0 Å². The lowest BCUT2D eigenvalue weighted by molar-refractivity contribution is -0.141. The highest BCUT2D eigenvalue weighted by atomic mass is 16.5. The van der Waals surface area contributed by atoms with Gasteiger partial charge in [-0.25, -0.2) is 9.59 Å². The molecule has 1 unspecified atom stereocenters. The Morgan fingerprint density at radius 2 is 1.85 bits per heavy atom. The molecular formula is C13H26N2O5. The molecule has 0 aromatic rings. The first-order valence-corrected chi connectivity index (χ1v) is 6.63. The second kappa shape index (κ2) is 9.55. The molecule has 0 heterocycles. The standard InChI is InChI=1S/C13H26N2O5/c1-13(2,3)10(11(16)17)15-12(18)14-6-5-7-20-9-8-19-4/h10H,5-9H2,1-4H3,(H,16,17)(H2,14,15,18). The second-order valence-electron chi connectivity index (χ2n) is 5.50. The van der Waals surface area contributed by atoms with Crippen molar-refractivity contribution in [3.63, 3.8) is 0 Å². The Morgan fingerprint density at radius 1 is 1.20 bits per heavy atom. The third kappa shape index (κ3) is 8.71. The summed E-state index contributed by atoms with van der Waals surface area (Å²) in [7, 11) is 1.60. The Kier molecular flexibility index (Phi) is 8.91. The SMILES string of the molecule is COCCOCCCNC(=O)NC(C(=O)O)C(C)(C)C. The molecule has 0 saturated heterocycles. The largest absolute Gasteiger partial charge is 0.480 e. The van der Waals surface area contributed by atoms with Crippen LogP contribution in [0.2, 0.25) is 0 Å². The number of hydrogen-bond acceptors (Lipinski definition) is 4. The van der Waals surface area contributed by atoms with Gasteiger partial charge in [0, 0.05) is 20.3 Å². The Hall–Kier alpha value is -1.34. The molecule has 7 nitrogen and oxygen atoms in total. The van der Waals surface area contributed by atoms with Crippen LogP contribution in [0.15, 0.2) is 0 Å². The Labute approximate surface area is 120 Å². The van der Waals surface area contributed by atoms with Gasteiger partial charge in [-0.05, 0) is 11.8 Å². The number of ether oxygens (including phenoxy) is 2. The third-order valence-corrected chi connectivity index (χ3v) is 2.57. The molecule has 118 valence electrons. The third-order valence-electron chi connectivity index (χ3n) is 2.57. The summed E-state index contributed by atoms with van der Waals surface area (Å²) in [4.78, 5) is 22.7. The molecule has 0 bridgehead atoms. The minimum absolute atomic E-state index is 0.426. The Morgan fingerprint density at radius 3 is 2.35 bits per heavy atom. The van der Waals surface area contributed by atoms with Crippen LogP contribution >= 0.6 is 0 Å². The first kappa shape index (κ1) is 18.7. The second-order valence-corrected chi connectivity index (χ2v) is 5.50. The number of methoxy groups -OCH3 is 1. The summed E-state index contributed by atoms with van der Waals surface area (Å²) in [6.45, 7) is 7.29. The number of carboxylic acids is 1. The molecule has 0 fully saturated rings. The fourth-order valence-corrected chi connectivity index (χ4v) is 1.45. The van der Waals surface area contributed by atoms with E-state index in [0.717, 1.165) is 0 Å². The van der Waals surface area contributed by atoms with Crippen molar-refractivity contribution in [2.24, 2.45) is 5.41 Å². The minimum atomic E-state index is -1.05. The molecule has 3 N–H and O–H groups in total. The van der Waals surface area contributed by atoms with Crippen LogP contribution in [0.25, 0.3) is 0 Å². The van der Waals surface area contributed by atoms with Gasteiger partial charge in [-0.2, -0.15) is 0 Å². The molecule has 0 aromatic carbocycles. The van der Waals surface area contributed by atoms with E-state index in [-0.39, 0.29) is 0 Å². The summed E-state index contributed by atoms with van der Waals surface area (Å²) in [5.41, 5.74) is -0.549. The van der Waals surface area contributed by atoms with Gasteiger partial charge in [-0.1, -0.05) is 20.8 Å². The highest BCUT2D eigenvalue weighted by Crippen LogP contribution is 2.19. The fourth-order valence-electron chi connectivity index (χ4n) is 1.45. The summed E-state index contributed by atoms with van der Waals surface area (Å²) in [5.74, 6) is -1.05. The lowest BCUT2D eigenvalue weighted by Gasteiger charge is -2.27. The van der Waals surface area contributed by atoms with E-state index in [9.17, 15) is 9.59 Å². The summed E-state index contributed by atoms with van der Waals surface area (Å²) < 4.78 is 10.1. The fraction of sp³-hybridized carbons (Fsp3) is 0.846. The number of urea groups is 1. The van der Waals surface area contributed by atoms with Crippen LogP contribution in [-0.2, 0) is 14.3 Å². The van der Waals surface area contributed by atoms with E-state index in [1.165, 1.54) is 0 Å². The summed E-state index contributed by atoms with van der Waals surface area (Å²) >= 11 is 0. The minimum Gasteiger partial charge on any atom is -0.480 e. The quantitative estimate of drug-likeness (QED) is 0.547. The maximum atomic E-state index is 11.6. The van der Waals surface area contributed by atoms with Crippen LogP contribution in [0.5, 0.6) is 0 Å². The topological polar surface area (TPSA) is 96.9 Å². The van der Waals surface area contributed by atoms with E-state index >= 15 is 0 Å². The van der Waals surface area contributed by atoms with Crippen LogP contribution in [0.3, 0.4) is 0 Å². The molecule has 0 spiro atoms. The molecule has 7 heteroatoms. The number of nitrogens with one attached hydrogen (secondary N) is 2. The van der Waals surface area contributed by atoms with E-state index in [1.807, 2.05) is 0 Å². The zero-order chi connectivity index (χ0) is 15.6.